The Morgan fingerprint density at radius 2 is 1.83 bits per heavy atom. The van der Waals surface area contributed by atoms with Crippen LogP contribution in [-0.2, 0) is 19.7 Å². The molecule has 0 heterocycles. The summed E-state index contributed by atoms with van der Waals surface area (Å²) >= 11 is 0. The van der Waals surface area contributed by atoms with Crippen molar-refractivity contribution < 1.29 is 14.3 Å². The Morgan fingerprint density at radius 1 is 1.22 bits per heavy atom. The molecule has 0 atom stereocenters. The van der Waals surface area contributed by atoms with Crippen LogP contribution in [0.1, 0.15) is 32.8 Å². The molecule has 0 saturated heterocycles. The number of nitrogens with one attached hydrogen (secondary N) is 1. The lowest BCUT2D eigenvalue weighted by molar-refractivity contribution is -0.142. The number of amides is 1. The zero-order chi connectivity index (χ0) is 13.8. The van der Waals surface area contributed by atoms with E-state index in [2.05, 4.69) is 30.8 Å². The van der Waals surface area contributed by atoms with Crippen LogP contribution in [0, 0.1) is 0 Å². The molecule has 1 rings (SSSR count). The number of carbonyl (C=O) groups excluding carboxylic acids is 2. The van der Waals surface area contributed by atoms with Gasteiger partial charge in [0.2, 0.25) is 5.91 Å². The molecular weight excluding hydrogens is 230 g/mol. The van der Waals surface area contributed by atoms with E-state index in [0.29, 0.717) is 0 Å². The summed E-state index contributed by atoms with van der Waals surface area (Å²) in [7, 11) is 1.26. The molecule has 1 amide bonds. The molecule has 0 aromatic heterocycles. The molecule has 1 aromatic rings. The topological polar surface area (TPSA) is 55.4 Å². The molecule has 0 aliphatic heterocycles. The molecule has 1 aromatic carbocycles. The maximum atomic E-state index is 11.6. The van der Waals surface area contributed by atoms with Crippen molar-refractivity contribution in [3.05, 3.63) is 29.8 Å². The first kappa shape index (κ1) is 14.2. The monoisotopic (exact) mass is 249 g/mol. The summed E-state index contributed by atoms with van der Waals surface area (Å²) in [6.07, 6.45) is -0.269. The van der Waals surface area contributed by atoms with E-state index in [9.17, 15) is 9.59 Å². The maximum absolute atomic E-state index is 11.6. The second kappa shape index (κ2) is 5.67. The average Bonchev–Trinajstić information content (AvgIpc) is 2.27. The van der Waals surface area contributed by atoms with Crippen molar-refractivity contribution in [2.45, 2.75) is 32.6 Å². The molecule has 4 nitrogen and oxygen atoms in total. The maximum Gasteiger partial charge on any atom is 0.315 e. The van der Waals surface area contributed by atoms with Gasteiger partial charge >= 0.3 is 5.97 Å². The standard InChI is InChI=1S/C14H19NO3/c1-14(2,3)10-7-5-6-8-11(10)15-12(16)9-13(17)18-4/h5-8H,9H2,1-4H3,(H,15,16). The van der Waals surface area contributed by atoms with Crippen LogP contribution in [0.4, 0.5) is 5.69 Å². The predicted octanol–water partition coefficient (Wildman–Crippen LogP) is 2.49. The highest BCUT2D eigenvalue weighted by Crippen LogP contribution is 2.29. The minimum absolute atomic E-state index is 0.0743. The quantitative estimate of drug-likeness (QED) is 0.661. The number of anilines is 1. The van der Waals surface area contributed by atoms with Crippen LogP contribution >= 0.6 is 0 Å². The third-order valence-corrected chi connectivity index (χ3v) is 2.54. The van der Waals surface area contributed by atoms with E-state index in [1.165, 1.54) is 7.11 Å². The number of methoxy groups -OCH3 is 1. The van der Waals surface area contributed by atoms with E-state index in [4.69, 9.17) is 0 Å². The Morgan fingerprint density at radius 3 is 2.39 bits per heavy atom. The van der Waals surface area contributed by atoms with E-state index in [1.54, 1.807) is 0 Å². The highest BCUT2D eigenvalue weighted by atomic mass is 16.5. The molecule has 0 aliphatic carbocycles. The molecular formula is C14H19NO3. The molecule has 0 fully saturated rings. The van der Waals surface area contributed by atoms with Gasteiger partial charge in [-0.3, -0.25) is 9.59 Å². The molecule has 1 N–H and O–H groups in total. The number of esters is 1. The number of rotatable bonds is 3. The fourth-order valence-electron chi connectivity index (χ4n) is 1.64. The minimum Gasteiger partial charge on any atom is -0.469 e. The zero-order valence-electron chi connectivity index (χ0n) is 11.2. The highest BCUT2D eigenvalue weighted by molar-refractivity contribution is 6.02. The van der Waals surface area contributed by atoms with E-state index >= 15 is 0 Å². The first-order valence-corrected chi connectivity index (χ1v) is 5.81. The van der Waals surface area contributed by atoms with E-state index < -0.39 is 5.97 Å². The molecule has 0 bridgehead atoms. The average molecular weight is 249 g/mol. The van der Waals surface area contributed by atoms with Crippen molar-refractivity contribution >= 4 is 17.6 Å². The van der Waals surface area contributed by atoms with Gasteiger partial charge in [-0.1, -0.05) is 39.0 Å². The molecule has 0 unspecified atom stereocenters. The summed E-state index contributed by atoms with van der Waals surface area (Å²) in [6.45, 7) is 6.20. The van der Waals surface area contributed by atoms with Crippen molar-refractivity contribution in [2.75, 3.05) is 12.4 Å². The van der Waals surface area contributed by atoms with Gasteiger partial charge in [-0.15, -0.1) is 0 Å². The number of ether oxygens (including phenoxy) is 1. The van der Waals surface area contributed by atoms with Gasteiger partial charge in [0.15, 0.2) is 0 Å². The lowest BCUT2D eigenvalue weighted by atomic mass is 9.86. The van der Waals surface area contributed by atoms with Gasteiger partial charge in [0.25, 0.3) is 0 Å². The molecule has 4 heteroatoms. The fourth-order valence-corrected chi connectivity index (χ4v) is 1.64. The molecule has 0 spiro atoms. The Labute approximate surface area is 107 Å². The van der Waals surface area contributed by atoms with Crippen molar-refractivity contribution in [3.63, 3.8) is 0 Å². The number of hydrogen-bond donors (Lipinski definition) is 1. The fraction of sp³-hybridized carbons (Fsp3) is 0.429. The Hall–Kier alpha value is -1.84. The van der Waals surface area contributed by atoms with Crippen LogP contribution in [0.15, 0.2) is 24.3 Å². The van der Waals surface area contributed by atoms with Gasteiger partial charge < -0.3 is 10.1 Å². The minimum atomic E-state index is -0.541. The summed E-state index contributed by atoms with van der Waals surface area (Å²) in [6, 6.07) is 7.57. The van der Waals surface area contributed by atoms with Gasteiger partial charge in [0, 0.05) is 5.69 Å². The third kappa shape index (κ3) is 3.87. The summed E-state index contributed by atoms with van der Waals surface area (Å²) in [5.41, 5.74) is 1.69. The summed E-state index contributed by atoms with van der Waals surface area (Å²) in [5, 5.41) is 2.74. The normalized spacial score (nSPS) is 10.9. The number of benzene rings is 1. The Balaban J connectivity index is 2.85. The Kier molecular flexibility index (Phi) is 4.48. The van der Waals surface area contributed by atoms with E-state index in [0.717, 1.165) is 11.3 Å². The number of para-hydroxylation sites is 1. The SMILES string of the molecule is COC(=O)CC(=O)Nc1ccccc1C(C)(C)C. The van der Waals surface area contributed by atoms with Crippen molar-refractivity contribution in [2.24, 2.45) is 0 Å². The van der Waals surface area contributed by atoms with Crippen LogP contribution in [0.25, 0.3) is 0 Å². The second-order valence-corrected chi connectivity index (χ2v) is 5.10. The van der Waals surface area contributed by atoms with Gasteiger partial charge in [-0.2, -0.15) is 0 Å². The number of carbonyl (C=O) groups is 2. The summed E-state index contributed by atoms with van der Waals surface area (Å²) in [4.78, 5) is 22.7. The predicted molar refractivity (Wildman–Crippen MR) is 70.4 cm³/mol. The van der Waals surface area contributed by atoms with Gasteiger partial charge in [-0.05, 0) is 17.0 Å². The van der Waals surface area contributed by atoms with Crippen LogP contribution in [0.2, 0.25) is 0 Å². The van der Waals surface area contributed by atoms with Crippen LogP contribution in [0.5, 0.6) is 0 Å². The third-order valence-electron chi connectivity index (χ3n) is 2.54. The molecule has 18 heavy (non-hydrogen) atoms. The first-order chi connectivity index (χ1) is 8.34. The van der Waals surface area contributed by atoms with Crippen molar-refractivity contribution in [1.29, 1.82) is 0 Å². The van der Waals surface area contributed by atoms with Crippen LogP contribution < -0.4 is 5.32 Å². The van der Waals surface area contributed by atoms with Crippen molar-refractivity contribution in [1.82, 2.24) is 0 Å². The summed E-state index contributed by atoms with van der Waals surface area (Å²) in [5.74, 6) is -0.903. The molecule has 0 aliphatic rings. The van der Waals surface area contributed by atoms with Gasteiger partial charge in [0.1, 0.15) is 6.42 Å². The van der Waals surface area contributed by atoms with Gasteiger partial charge in [-0.25, -0.2) is 0 Å². The largest absolute Gasteiger partial charge is 0.469 e. The Bertz CT molecular complexity index is 447. The lowest BCUT2D eigenvalue weighted by Crippen LogP contribution is -2.21. The number of hydrogen-bond acceptors (Lipinski definition) is 3. The highest BCUT2D eigenvalue weighted by Gasteiger charge is 2.19. The zero-order valence-corrected chi connectivity index (χ0v) is 11.2. The van der Waals surface area contributed by atoms with E-state index in [1.807, 2.05) is 24.3 Å². The van der Waals surface area contributed by atoms with Crippen LogP contribution in [0.3, 0.4) is 0 Å². The molecule has 0 saturated carbocycles. The molecule has 0 radical (unpaired) electrons. The summed E-state index contributed by atoms with van der Waals surface area (Å²) < 4.78 is 4.46. The molecule has 98 valence electrons. The lowest BCUT2D eigenvalue weighted by Gasteiger charge is -2.22. The smallest absolute Gasteiger partial charge is 0.315 e. The second-order valence-electron chi connectivity index (χ2n) is 5.10. The van der Waals surface area contributed by atoms with Gasteiger partial charge in [0.05, 0.1) is 7.11 Å². The van der Waals surface area contributed by atoms with Crippen molar-refractivity contribution in [3.8, 4) is 0 Å². The van der Waals surface area contributed by atoms with Crippen LogP contribution in [-0.4, -0.2) is 19.0 Å². The van der Waals surface area contributed by atoms with E-state index in [-0.39, 0.29) is 17.7 Å². The first-order valence-electron chi connectivity index (χ1n) is 5.81.